The predicted octanol–water partition coefficient (Wildman–Crippen LogP) is 3.42. The molecule has 0 amide bonds. The quantitative estimate of drug-likeness (QED) is 0.674. The first-order valence-electron chi connectivity index (χ1n) is 5.61. The molecule has 1 aliphatic heterocycles. The fourth-order valence-electron chi connectivity index (χ4n) is 2.30. The third kappa shape index (κ3) is 3.25. The van der Waals surface area contributed by atoms with Crippen LogP contribution >= 0.6 is 15.9 Å². The van der Waals surface area contributed by atoms with Crippen molar-refractivity contribution in [1.29, 1.82) is 0 Å². The number of halogens is 1. The Hall–Kier alpha value is 0.440. The van der Waals surface area contributed by atoms with Crippen LogP contribution in [0, 0.1) is 0 Å². The number of rotatable bonds is 5. The van der Waals surface area contributed by atoms with Crippen LogP contribution in [0.15, 0.2) is 0 Å². The fraction of sp³-hybridized carbons (Fsp3) is 1.00. The van der Waals surface area contributed by atoms with Crippen LogP contribution in [0.25, 0.3) is 0 Å². The number of hydrogen-bond acceptors (Lipinski definition) is 1. The number of hydrogen-bond donors (Lipinski definition) is 0. The first-order valence-corrected chi connectivity index (χ1v) is 6.73. The van der Waals surface area contributed by atoms with E-state index >= 15 is 0 Å². The molecule has 1 aliphatic rings. The van der Waals surface area contributed by atoms with E-state index in [1.165, 1.54) is 38.6 Å². The van der Waals surface area contributed by atoms with Crippen LogP contribution in [0.5, 0.6) is 0 Å². The van der Waals surface area contributed by atoms with Crippen LogP contribution in [0.3, 0.4) is 0 Å². The largest absolute Gasteiger partial charge is 0.298 e. The maximum Gasteiger partial charge on any atom is 0.00988 e. The summed E-state index contributed by atoms with van der Waals surface area (Å²) in [6, 6.07) is 1.68. The molecule has 1 saturated heterocycles. The summed E-state index contributed by atoms with van der Waals surface area (Å²) < 4.78 is 0. The Kier molecular flexibility index (Phi) is 5.34. The van der Waals surface area contributed by atoms with Crippen LogP contribution in [-0.4, -0.2) is 28.9 Å². The van der Waals surface area contributed by atoms with Gasteiger partial charge in [0.25, 0.3) is 0 Å². The van der Waals surface area contributed by atoms with Gasteiger partial charge in [-0.3, -0.25) is 4.90 Å². The van der Waals surface area contributed by atoms with Crippen LogP contribution < -0.4 is 0 Å². The summed E-state index contributed by atoms with van der Waals surface area (Å²) in [4.78, 5) is 2.71. The minimum Gasteiger partial charge on any atom is -0.298 e. The van der Waals surface area contributed by atoms with Crippen molar-refractivity contribution in [3.05, 3.63) is 0 Å². The Balaban J connectivity index is 2.34. The van der Waals surface area contributed by atoms with E-state index < -0.39 is 0 Å². The van der Waals surface area contributed by atoms with E-state index in [0.717, 1.165) is 17.4 Å². The van der Waals surface area contributed by atoms with Gasteiger partial charge in [-0.2, -0.15) is 0 Å². The van der Waals surface area contributed by atoms with Crippen molar-refractivity contribution in [1.82, 2.24) is 4.90 Å². The molecule has 0 N–H and O–H groups in total. The topological polar surface area (TPSA) is 3.24 Å². The summed E-state index contributed by atoms with van der Waals surface area (Å²) in [5, 5.41) is 1.16. The lowest BCUT2D eigenvalue weighted by Gasteiger charge is -2.29. The molecule has 1 fully saturated rings. The van der Waals surface area contributed by atoms with E-state index in [-0.39, 0.29) is 0 Å². The van der Waals surface area contributed by atoms with E-state index in [1.807, 2.05) is 0 Å². The number of alkyl halides is 1. The van der Waals surface area contributed by atoms with Crippen molar-refractivity contribution in [3.63, 3.8) is 0 Å². The maximum absolute atomic E-state index is 3.51. The zero-order valence-corrected chi connectivity index (χ0v) is 10.5. The van der Waals surface area contributed by atoms with Crippen molar-refractivity contribution in [2.75, 3.05) is 11.9 Å². The molecule has 0 aromatic carbocycles. The zero-order chi connectivity index (χ0) is 9.68. The molecule has 0 aliphatic carbocycles. The lowest BCUT2D eigenvalue weighted by Crippen LogP contribution is -2.36. The van der Waals surface area contributed by atoms with Crippen molar-refractivity contribution in [2.24, 2.45) is 0 Å². The highest BCUT2D eigenvalue weighted by Crippen LogP contribution is 2.24. The minimum atomic E-state index is 0.794. The normalized spacial score (nSPS) is 26.5. The van der Waals surface area contributed by atoms with E-state index in [0.29, 0.717) is 0 Å². The zero-order valence-electron chi connectivity index (χ0n) is 8.93. The molecule has 1 nitrogen and oxygen atoms in total. The Labute approximate surface area is 91.0 Å². The average molecular weight is 248 g/mol. The summed E-state index contributed by atoms with van der Waals surface area (Å²) >= 11 is 3.51. The third-order valence-electron chi connectivity index (χ3n) is 3.25. The molecular weight excluding hydrogens is 226 g/mol. The second-order valence-electron chi connectivity index (χ2n) is 4.12. The Bertz CT molecular complexity index is 138. The van der Waals surface area contributed by atoms with E-state index in [4.69, 9.17) is 0 Å². The molecule has 0 spiro atoms. The van der Waals surface area contributed by atoms with E-state index in [1.54, 1.807) is 0 Å². The smallest absolute Gasteiger partial charge is 0.00988 e. The molecule has 0 saturated carbocycles. The Morgan fingerprint density at radius 2 is 2.31 bits per heavy atom. The van der Waals surface area contributed by atoms with E-state index in [2.05, 4.69) is 34.7 Å². The third-order valence-corrected chi connectivity index (χ3v) is 3.81. The molecular formula is C11H22BrN. The Morgan fingerprint density at radius 3 is 2.92 bits per heavy atom. The van der Waals surface area contributed by atoms with Gasteiger partial charge in [0.1, 0.15) is 0 Å². The van der Waals surface area contributed by atoms with Gasteiger partial charge < -0.3 is 0 Å². The van der Waals surface area contributed by atoms with Crippen molar-refractivity contribution >= 4 is 15.9 Å². The average Bonchev–Trinajstić information content (AvgIpc) is 2.61. The lowest BCUT2D eigenvalue weighted by molar-refractivity contribution is 0.179. The first kappa shape index (κ1) is 11.5. The number of nitrogens with zero attached hydrogens (tertiary/aromatic N) is 1. The van der Waals surface area contributed by atoms with E-state index in [9.17, 15) is 0 Å². The number of likely N-dealkylation sites (tertiary alicyclic amines) is 1. The van der Waals surface area contributed by atoms with Gasteiger partial charge in [-0.15, -0.1) is 0 Å². The molecule has 0 bridgehead atoms. The molecule has 2 atom stereocenters. The molecule has 13 heavy (non-hydrogen) atoms. The van der Waals surface area contributed by atoms with Crippen molar-refractivity contribution < 1.29 is 0 Å². The highest BCUT2D eigenvalue weighted by molar-refractivity contribution is 9.09. The molecule has 2 unspecified atom stereocenters. The van der Waals surface area contributed by atoms with Crippen LogP contribution in [0.2, 0.25) is 0 Å². The molecule has 1 rings (SSSR count). The van der Waals surface area contributed by atoms with Crippen molar-refractivity contribution in [3.8, 4) is 0 Å². The highest BCUT2D eigenvalue weighted by Gasteiger charge is 2.26. The second-order valence-corrected chi connectivity index (χ2v) is 4.92. The molecule has 0 aromatic rings. The predicted molar refractivity (Wildman–Crippen MR) is 62.5 cm³/mol. The second kappa shape index (κ2) is 6.02. The van der Waals surface area contributed by atoms with Crippen molar-refractivity contribution in [2.45, 2.75) is 58.0 Å². The molecule has 1 heterocycles. The van der Waals surface area contributed by atoms with Gasteiger partial charge in [0, 0.05) is 17.4 Å². The van der Waals surface area contributed by atoms with Crippen LogP contribution in [-0.2, 0) is 0 Å². The summed E-state index contributed by atoms with van der Waals surface area (Å²) in [7, 11) is 0. The van der Waals surface area contributed by atoms with Gasteiger partial charge in [-0.1, -0.05) is 22.9 Å². The monoisotopic (exact) mass is 247 g/mol. The Morgan fingerprint density at radius 1 is 1.54 bits per heavy atom. The summed E-state index contributed by atoms with van der Waals surface area (Å²) in [5.74, 6) is 0. The molecule has 78 valence electrons. The molecule has 2 heteroatoms. The maximum atomic E-state index is 3.51. The van der Waals surface area contributed by atoms with Gasteiger partial charge in [0.15, 0.2) is 0 Å². The SMILES string of the molecule is CCC(C)N1CCCC1CCCBr. The van der Waals surface area contributed by atoms with Gasteiger partial charge in [-0.25, -0.2) is 0 Å². The van der Waals surface area contributed by atoms with Gasteiger partial charge in [0.2, 0.25) is 0 Å². The fourth-order valence-corrected chi connectivity index (χ4v) is 2.62. The first-order chi connectivity index (χ1) is 6.29. The molecule has 0 radical (unpaired) electrons. The highest BCUT2D eigenvalue weighted by atomic mass is 79.9. The summed E-state index contributed by atoms with van der Waals surface area (Å²) in [5.41, 5.74) is 0. The molecule has 0 aromatic heterocycles. The minimum absolute atomic E-state index is 0.794. The summed E-state index contributed by atoms with van der Waals surface area (Å²) in [6.45, 7) is 6.00. The van der Waals surface area contributed by atoms with Crippen LogP contribution in [0.1, 0.15) is 46.0 Å². The summed E-state index contributed by atoms with van der Waals surface area (Å²) in [6.07, 6.45) is 6.85. The van der Waals surface area contributed by atoms with Gasteiger partial charge in [0.05, 0.1) is 0 Å². The standard InChI is InChI=1S/C11H22BrN/c1-3-10(2)13-9-5-7-11(13)6-4-8-12/h10-11H,3-9H2,1-2H3. The lowest BCUT2D eigenvalue weighted by atomic mass is 10.1. The van der Waals surface area contributed by atoms with Gasteiger partial charge >= 0.3 is 0 Å². The van der Waals surface area contributed by atoms with Crippen LogP contribution in [0.4, 0.5) is 0 Å². The van der Waals surface area contributed by atoms with Gasteiger partial charge in [-0.05, 0) is 45.6 Å².